The second-order valence-corrected chi connectivity index (χ2v) is 13.5. The molecule has 1 aliphatic rings. The predicted molar refractivity (Wildman–Crippen MR) is 157 cm³/mol. The van der Waals surface area contributed by atoms with Gasteiger partial charge in [0.1, 0.15) is 12.4 Å². The number of nitrogens with one attached hydrogen (secondary N) is 1. The average molecular weight is 576 g/mol. The van der Waals surface area contributed by atoms with Crippen molar-refractivity contribution in [1.29, 1.82) is 0 Å². The molecule has 1 N–H and O–H groups in total. The smallest absolute Gasteiger partial charge is 0.245 e. The van der Waals surface area contributed by atoms with E-state index in [1.165, 1.54) is 23.5 Å². The molecule has 2 aromatic carbocycles. The first-order valence-electron chi connectivity index (χ1n) is 14.2. The molecule has 1 atom stereocenters. The summed E-state index contributed by atoms with van der Waals surface area (Å²) in [5.41, 5.74) is 3.64. The van der Waals surface area contributed by atoms with Crippen LogP contribution in [0.25, 0.3) is 0 Å². The fourth-order valence-electron chi connectivity index (χ4n) is 6.12. The van der Waals surface area contributed by atoms with Gasteiger partial charge >= 0.3 is 0 Å². The van der Waals surface area contributed by atoms with E-state index < -0.39 is 10.0 Å². The number of carbonyl (C=O) groups is 1. The SMILES string of the molecule is Cc1cc(C)c(S(=O)(=O)N(C)CCOCC(=O)NCCC2CCC(C(c3ccc(F)cc3)N(C)C)CC2)c(C)c1. The van der Waals surface area contributed by atoms with Crippen LogP contribution in [0.5, 0.6) is 0 Å². The number of aryl methyl sites for hydroxylation is 3. The maximum Gasteiger partial charge on any atom is 0.245 e. The van der Waals surface area contributed by atoms with Crippen molar-refractivity contribution in [2.45, 2.75) is 63.8 Å². The maximum absolute atomic E-state index is 13.4. The lowest BCUT2D eigenvalue weighted by Crippen LogP contribution is -2.34. The summed E-state index contributed by atoms with van der Waals surface area (Å²) in [7, 11) is 2.06. The van der Waals surface area contributed by atoms with Crippen molar-refractivity contribution < 1.29 is 22.3 Å². The van der Waals surface area contributed by atoms with E-state index in [1.807, 2.05) is 45.0 Å². The molecule has 0 spiro atoms. The van der Waals surface area contributed by atoms with Crippen LogP contribution in [0.3, 0.4) is 0 Å². The lowest BCUT2D eigenvalue weighted by atomic mass is 9.75. The molecule has 1 amide bonds. The first-order valence-corrected chi connectivity index (χ1v) is 15.6. The Hall–Kier alpha value is -2.33. The normalized spacial score (nSPS) is 18.7. The third-order valence-electron chi connectivity index (χ3n) is 8.04. The molecule has 2 aromatic rings. The van der Waals surface area contributed by atoms with E-state index in [1.54, 1.807) is 0 Å². The lowest BCUT2D eigenvalue weighted by molar-refractivity contribution is -0.125. The number of rotatable bonds is 13. The summed E-state index contributed by atoms with van der Waals surface area (Å²) in [6.07, 6.45) is 5.38. The molecule has 0 aromatic heterocycles. The standard InChI is InChI=1S/C31H46FN3O4S/c1-22-19-23(2)31(24(3)20-22)40(37,38)35(6)17-18-39-21-29(36)33-16-15-25-7-9-26(10-8-25)30(34(4)5)27-11-13-28(32)14-12-27/h11-14,19-20,25-26,30H,7-10,15-18,21H2,1-6H3,(H,33,36). The number of halogens is 1. The summed E-state index contributed by atoms with van der Waals surface area (Å²) in [5.74, 6) is 0.705. The first kappa shape index (κ1) is 32.2. The number of hydrogen-bond acceptors (Lipinski definition) is 5. The van der Waals surface area contributed by atoms with Gasteiger partial charge in [0, 0.05) is 26.2 Å². The Morgan fingerprint density at radius 3 is 2.20 bits per heavy atom. The van der Waals surface area contributed by atoms with Crippen molar-refractivity contribution >= 4 is 15.9 Å². The molecule has 222 valence electrons. The minimum absolute atomic E-state index is 0.0919. The molecule has 3 rings (SSSR count). The van der Waals surface area contributed by atoms with Crippen LogP contribution in [-0.4, -0.2) is 71.0 Å². The van der Waals surface area contributed by atoms with E-state index in [-0.39, 0.29) is 37.5 Å². The Labute approximate surface area is 240 Å². The summed E-state index contributed by atoms with van der Waals surface area (Å²) in [6, 6.07) is 10.9. The summed E-state index contributed by atoms with van der Waals surface area (Å²) in [6.45, 7) is 6.37. The molecule has 9 heteroatoms. The molecule has 1 aliphatic carbocycles. The van der Waals surface area contributed by atoms with Crippen molar-refractivity contribution in [2.24, 2.45) is 11.8 Å². The van der Waals surface area contributed by atoms with Gasteiger partial charge in [-0.2, -0.15) is 4.31 Å². The van der Waals surface area contributed by atoms with E-state index >= 15 is 0 Å². The van der Waals surface area contributed by atoms with Gasteiger partial charge < -0.3 is 15.0 Å². The number of benzene rings is 2. The van der Waals surface area contributed by atoms with Crippen molar-refractivity contribution in [1.82, 2.24) is 14.5 Å². The van der Waals surface area contributed by atoms with E-state index in [0.29, 0.717) is 23.3 Å². The summed E-state index contributed by atoms with van der Waals surface area (Å²) >= 11 is 0. The highest BCUT2D eigenvalue weighted by atomic mass is 32.2. The monoisotopic (exact) mass is 575 g/mol. The van der Waals surface area contributed by atoms with Gasteiger partial charge in [-0.1, -0.05) is 42.7 Å². The van der Waals surface area contributed by atoms with E-state index in [4.69, 9.17) is 4.74 Å². The van der Waals surface area contributed by atoms with Crippen LogP contribution >= 0.6 is 0 Å². The minimum atomic E-state index is -3.64. The Kier molecular flexibility index (Phi) is 11.7. The Morgan fingerprint density at radius 1 is 1.02 bits per heavy atom. The maximum atomic E-state index is 13.4. The topological polar surface area (TPSA) is 78.9 Å². The Balaban J connectivity index is 1.35. The van der Waals surface area contributed by atoms with E-state index in [9.17, 15) is 17.6 Å². The number of hydrogen-bond donors (Lipinski definition) is 1. The fraction of sp³-hybridized carbons (Fsp3) is 0.581. The Bertz CT molecular complexity index is 1200. The van der Waals surface area contributed by atoms with Crippen molar-refractivity contribution in [3.8, 4) is 0 Å². The molecule has 0 radical (unpaired) electrons. The zero-order valence-corrected chi connectivity index (χ0v) is 25.7. The molecule has 1 saturated carbocycles. The van der Waals surface area contributed by atoms with Gasteiger partial charge in [0.05, 0.1) is 11.5 Å². The molecule has 0 bridgehead atoms. The average Bonchev–Trinajstić information content (AvgIpc) is 2.87. The van der Waals surface area contributed by atoms with Crippen LogP contribution in [0.2, 0.25) is 0 Å². The number of likely N-dealkylation sites (N-methyl/N-ethyl adjacent to an activating group) is 1. The van der Waals surface area contributed by atoms with Crippen molar-refractivity contribution in [2.75, 3.05) is 47.4 Å². The highest BCUT2D eigenvalue weighted by Gasteiger charge is 2.30. The first-order chi connectivity index (χ1) is 18.9. The minimum Gasteiger partial charge on any atom is -0.370 e. The largest absolute Gasteiger partial charge is 0.370 e. The van der Waals surface area contributed by atoms with Crippen LogP contribution in [0.15, 0.2) is 41.3 Å². The predicted octanol–water partition coefficient (Wildman–Crippen LogP) is 5.00. The van der Waals surface area contributed by atoms with Crippen LogP contribution in [-0.2, 0) is 19.6 Å². The van der Waals surface area contributed by atoms with Crippen molar-refractivity contribution in [3.05, 3.63) is 64.5 Å². The van der Waals surface area contributed by atoms with Crippen LogP contribution < -0.4 is 5.32 Å². The third-order valence-corrected chi connectivity index (χ3v) is 10.2. The molecule has 0 aliphatic heterocycles. The van der Waals surface area contributed by atoms with Gasteiger partial charge in [-0.25, -0.2) is 12.8 Å². The van der Waals surface area contributed by atoms with Gasteiger partial charge in [-0.05, 0) is 94.8 Å². The van der Waals surface area contributed by atoms with Gasteiger partial charge in [-0.15, -0.1) is 0 Å². The molecule has 0 saturated heterocycles. The van der Waals surface area contributed by atoms with Gasteiger partial charge in [0.15, 0.2) is 0 Å². The number of ether oxygens (including phenoxy) is 1. The van der Waals surface area contributed by atoms with E-state index in [0.717, 1.165) is 54.4 Å². The van der Waals surface area contributed by atoms with Crippen LogP contribution in [0.1, 0.15) is 60.4 Å². The highest BCUT2D eigenvalue weighted by Crippen LogP contribution is 2.40. The number of carbonyl (C=O) groups excluding carboxylic acids is 1. The highest BCUT2D eigenvalue weighted by molar-refractivity contribution is 7.89. The zero-order valence-electron chi connectivity index (χ0n) is 24.9. The number of amides is 1. The molecule has 1 unspecified atom stereocenters. The van der Waals surface area contributed by atoms with Gasteiger partial charge in [-0.3, -0.25) is 4.79 Å². The van der Waals surface area contributed by atoms with Gasteiger partial charge in [0.2, 0.25) is 15.9 Å². The second-order valence-electron chi connectivity index (χ2n) is 11.5. The molecule has 0 heterocycles. The Morgan fingerprint density at radius 2 is 1.62 bits per heavy atom. The number of sulfonamides is 1. The molecule has 1 fully saturated rings. The fourth-order valence-corrected chi connectivity index (χ4v) is 7.68. The molecule has 7 nitrogen and oxygen atoms in total. The molecular weight excluding hydrogens is 529 g/mol. The third kappa shape index (κ3) is 8.59. The lowest BCUT2D eigenvalue weighted by Gasteiger charge is -2.37. The molecular formula is C31H46FN3O4S. The van der Waals surface area contributed by atoms with Gasteiger partial charge in [0.25, 0.3) is 0 Å². The summed E-state index contributed by atoms with van der Waals surface area (Å²) < 4.78 is 46.3. The van der Waals surface area contributed by atoms with E-state index in [2.05, 4.69) is 24.3 Å². The quantitative estimate of drug-likeness (QED) is 0.340. The zero-order chi connectivity index (χ0) is 29.4. The van der Waals surface area contributed by atoms with Crippen molar-refractivity contribution in [3.63, 3.8) is 0 Å². The van der Waals surface area contributed by atoms with Crippen LogP contribution in [0.4, 0.5) is 4.39 Å². The number of nitrogens with zero attached hydrogens (tertiary/aromatic N) is 2. The second kappa shape index (κ2) is 14.5. The van der Waals surface area contributed by atoms with Crippen LogP contribution in [0, 0.1) is 38.4 Å². The summed E-state index contributed by atoms with van der Waals surface area (Å²) in [5, 5.41) is 2.94. The molecule has 40 heavy (non-hydrogen) atoms. The summed E-state index contributed by atoms with van der Waals surface area (Å²) in [4.78, 5) is 14.8.